The molecule has 0 aliphatic carbocycles. The van der Waals surface area contributed by atoms with Crippen molar-refractivity contribution in [1.29, 1.82) is 0 Å². The second-order valence-electron chi connectivity index (χ2n) is 5.84. The number of benzene rings is 1. The van der Waals surface area contributed by atoms with Crippen molar-refractivity contribution in [3.63, 3.8) is 0 Å². The van der Waals surface area contributed by atoms with E-state index in [4.69, 9.17) is 9.26 Å². The topological polar surface area (TPSA) is 68.5 Å². The lowest BCUT2D eigenvalue weighted by molar-refractivity contribution is -0.138. The smallest absolute Gasteiger partial charge is 0.263 e. The lowest BCUT2D eigenvalue weighted by Gasteiger charge is -2.24. The van der Waals surface area contributed by atoms with Gasteiger partial charge in [0.25, 0.3) is 5.91 Å². The number of ether oxygens (including phenoxy) is 1. The van der Waals surface area contributed by atoms with Crippen molar-refractivity contribution >= 4 is 5.91 Å². The summed E-state index contributed by atoms with van der Waals surface area (Å²) in [5.74, 6) is 1.72. The quantitative estimate of drug-likeness (QED) is 0.780. The van der Waals surface area contributed by atoms with E-state index in [1.807, 2.05) is 45.9 Å². The van der Waals surface area contributed by atoms with E-state index >= 15 is 0 Å². The average molecular weight is 331 g/mol. The van der Waals surface area contributed by atoms with Gasteiger partial charge < -0.3 is 14.2 Å². The van der Waals surface area contributed by atoms with Crippen LogP contribution in [0.15, 0.2) is 22.7 Å². The Morgan fingerprint density at radius 2 is 2.08 bits per heavy atom. The number of carbonyl (C=O) groups is 1. The van der Waals surface area contributed by atoms with Gasteiger partial charge in [0.1, 0.15) is 12.3 Å². The maximum Gasteiger partial charge on any atom is 0.263 e. The Balaban J connectivity index is 2.05. The molecule has 6 heteroatoms. The molecule has 0 fully saturated rings. The molecule has 6 nitrogen and oxygen atoms in total. The molecule has 1 heterocycles. The van der Waals surface area contributed by atoms with Crippen molar-refractivity contribution in [1.82, 2.24) is 15.0 Å². The van der Waals surface area contributed by atoms with E-state index in [1.165, 1.54) is 0 Å². The third-order valence-electron chi connectivity index (χ3n) is 3.84. The van der Waals surface area contributed by atoms with Crippen LogP contribution >= 0.6 is 0 Å². The van der Waals surface area contributed by atoms with Gasteiger partial charge >= 0.3 is 0 Å². The first-order chi connectivity index (χ1) is 11.4. The Hall–Kier alpha value is -2.37. The Labute approximate surface area is 142 Å². The standard InChI is InChI=1S/C18H25N3O3/c1-6-16-19-17(24-20-16)11-21(7-2)18(22)14(5)23-15-10-12(3)8-9-13(15)4/h8-10,14H,6-7,11H2,1-5H3/t14-/m1/s1. The van der Waals surface area contributed by atoms with Crippen LogP contribution in [-0.4, -0.2) is 33.6 Å². The molecule has 0 spiro atoms. The molecule has 0 radical (unpaired) electrons. The lowest BCUT2D eigenvalue weighted by atomic mass is 10.1. The normalized spacial score (nSPS) is 12.0. The van der Waals surface area contributed by atoms with Crippen LogP contribution in [0.2, 0.25) is 0 Å². The number of likely N-dealkylation sites (N-methyl/N-ethyl adjacent to an activating group) is 1. The summed E-state index contributed by atoms with van der Waals surface area (Å²) in [6, 6.07) is 5.96. The van der Waals surface area contributed by atoms with Crippen LogP contribution in [0.4, 0.5) is 0 Å². The molecule has 1 aromatic heterocycles. The Bertz CT molecular complexity index is 697. The van der Waals surface area contributed by atoms with E-state index in [9.17, 15) is 4.79 Å². The number of amides is 1. The molecule has 0 aliphatic rings. The zero-order valence-corrected chi connectivity index (χ0v) is 15.0. The summed E-state index contributed by atoms with van der Waals surface area (Å²) in [5.41, 5.74) is 2.10. The van der Waals surface area contributed by atoms with Crippen molar-refractivity contribution in [2.45, 2.75) is 53.7 Å². The Kier molecular flexibility index (Phi) is 5.95. The molecule has 2 aromatic rings. The first kappa shape index (κ1) is 18.0. The van der Waals surface area contributed by atoms with Gasteiger partial charge in [-0.2, -0.15) is 4.98 Å². The van der Waals surface area contributed by atoms with Crippen LogP contribution in [0.5, 0.6) is 5.75 Å². The fraction of sp³-hybridized carbons (Fsp3) is 0.500. The van der Waals surface area contributed by atoms with Gasteiger partial charge in [-0.25, -0.2) is 0 Å². The number of carbonyl (C=O) groups excluding carboxylic acids is 1. The zero-order chi connectivity index (χ0) is 17.7. The second-order valence-corrected chi connectivity index (χ2v) is 5.84. The average Bonchev–Trinajstić information content (AvgIpc) is 3.03. The van der Waals surface area contributed by atoms with Crippen molar-refractivity contribution in [3.8, 4) is 5.75 Å². The molecule has 0 N–H and O–H groups in total. The van der Waals surface area contributed by atoms with E-state index in [1.54, 1.807) is 11.8 Å². The highest BCUT2D eigenvalue weighted by atomic mass is 16.5. The minimum Gasteiger partial charge on any atom is -0.481 e. The van der Waals surface area contributed by atoms with Crippen molar-refractivity contribution in [3.05, 3.63) is 41.0 Å². The SMILES string of the molecule is CCc1noc(CN(CC)C(=O)[C@@H](C)Oc2cc(C)ccc2C)n1. The molecule has 0 unspecified atom stereocenters. The molecule has 1 aromatic carbocycles. The van der Waals surface area contributed by atoms with Gasteiger partial charge in [-0.15, -0.1) is 0 Å². The highest BCUT2D eigenvalue weighted by Crippen LogP contribution is 2.21. The van der Waals surface area contributed by atoms with E-state index in [0.29, 0.717) is 31.2 Å². The largest absolute Gasteiger partial charge is 0.481 e. The maximum absolute atomic E-state index is 12.7. The summed E-state index contributed by atoms with van der Waals surface area (Å²) in [6.45, 7) is 10.4. The third-order valence-corrected chi connectivity index (χ3v) is 3.84. The predicted octanol–water partition coefficient (Wildman–Crippen LogP) is 3.06. The Morgan fingerprint density at radius 1 is 1.33 bits per heavy atom. The van der Waals surface area contributed by atoms with Gasteiger partial charge in [-0.3, -0.25) is 4.79 Å². The van der Waals surface area contributed by atoms with E-state index < -0.39 is 6.10 Å². The van der Waals surface area contributed by atoms with E-state index in [0.717, 1.165) is 16.9 Å². The van der Waals surface area contributed by atoms with Gasteiger partial charge in [0, 0.05) is 13.0 Å². The summed E-state index contributed by atoms with van der Waals surface area (Å²) < 4.78 is 11.1. The summed E-state index contributed by atoms with van der Waals surface area (Å²) >= 11 is 0. The number of aryl methyl sites for hydroxylation is 3. The first-order valence-electron chi connectivity index (χ1n) is 8.28. The molecular formula is C18H25N3O3. The fourth-order valence-corrected chi connectivity index (χ4v) is 2.34. The van der Waals surface area contributed by atoms with Crippen molar-refractivity contribution in [2.75, 3.05) is 6.54 Å². The van der Waals surface area contributed by atoms with E-state index in [2.05, 4.69) is 10.1 Å². The molecule has 0 saturated carbocycles. The van der Waals surface area contributed by atoms with Crippen LogP contribution in [0.3, 0.4) is 0 Å². The van der Waals surface area contributed by atoms with Gasteiger partial charge in [0.15, 0.2) is 11.9 Å². The van der Waals surface area contributed by atoms with Crippen molar-refractivity contribution in [2.24, 2.45) is 0 Å². The Morgan fingerprint density at radius 3 is 2.71 bits per heavy atom. The monoisotopic (exact) mass is 331 g/mol. The summed E-state index contributed by atoms with van der Waals surface area (Å²) in [5, 5.41) is 3.86. The molecular weight excluding hydrogens is 306 g/mol. The first-order valence-corrected chi connectivity index (χ1v) is 8.28. The molecule has 1 atom stereocenters. The summed E-state index contributed by atoms with van der Waals surface area (Å²) in [4.78, 5) is 18.6. The highest BCUT2D eigenvalue weighted by molar-refractivity contribution is 5.80. The molecule has 2 rings (SSSR count). The number of nitrogens with zero attached hydrogens (tertiary/aromatic N) is 3. The fourth-order valence-electron chi connectivity index (χ4n) is 2.34. The number of hydrogen-bond acceptors (Lipinski definition) is 5. The number of aromatic nitrogens is 2. The van der Waals surface area contributed by atoms with Gasteiger partial charge in [-0.05, 0) is 44.9 Å². The third kappa shape index (κ3) is 4.34. The zero-order valence-electron chi connectivity index (χ0n) is 15.0. The van der Waals surface area contributed by atoms with Crippen LogP contribution in [0.25, 0.3) is 0 Å². The highest BCUT2D eigenvalue weighted by Gasteiger charge is 2.23. The van der Waals surface area contributed by atoms with Gasteiger partial charge in [-0.1, -0.05) is 24.2 Å². The van der Waals surface area contributed by atoms with Crippen LogP contribution in [0.1, 0.15) is 43.6 Å². The van der Waals surface area contributed by atoms with Crippen LogP contribution < -0.4 is 4.74 Å². The maximum atomic E-state index is 12.7. The molecule has 0 aliphatic heterocycles. The molecule has 0 bridgehead atoms. The van der Waals surface area contributed by atoms with Crippen LogP contribution in [-0.2, 0) is 17.8 Å². The summed E-state index contributed by atoms with van der Waals surface area (Å²) in [7, 11) is 0. The summed E-state index contributed by atoms with van der Waals surface area (Å²) in [6.07, 6.45) is 0.120. The molecule has 0 saturated heterocycles. The lowest BCUT2D eigenvalue weighted by Crippen LogP contribution is -2.40. The molecule has 1 amide bonds. The van der Waals surface area contributed by atoms with Crippen LogP contribution in [0, 0.1) is 13.8 Å². The van der Waals surface area contributed by atoms with Crippen molar-refractivity contribution < 1.29 is 14.1 Å². The number of rotatable bonds is 7. The number of hydrogen-bond donors (Lipinski definition) is 0. The minimum atomic E-state index is -0.584. The second kappa shape index (κ2) is 7.95. The molecule has 24 heavy (non-hydrogen) atoms. The predicted molar refractivity (Wildman–Crippen MR) is 90.8 cm³/mol. The molecule has 130 valence electrons. The van der Waals surface area contributed by atoms with Gasteiger partial charge in [0.05, 0.1) is 0 Å². The van der Waals surface area contributed by atoms with Gasteiger partial charge in [0.2, 0.25) is 5.89 Å². The van der Waals surface area contributed by atoms with E-state index in [-0.39, 0.29) is 5.91 Å². The minimum absolute atomic E-state index is 0.102.